The first kappa shape index (κ1) is 13.4. The summed E-state index contributed by atoms with van der Waals surface area (Å²) in [6.07, 6.45) is 4.05. The summed E-state index contributed by atoms with van der Waals surface area (Å²) in [5.74, 6) is 1.02. The number of hydrogen-bond donors (Lipinski definition) is 0. The molecule has 1 aliphatic rings. The molecule has 1 aliphatic carbocycles. The van der Waals surface area contributed by atoms with Crippen LogP contribution in [0.3, 0.4) is 0 Å². The summed E-state index contributed by atoms with van der Waals surface area (Å²) >= 11 is 0. The van der Waals surface area contributed by atoms with Crippen LogP contribution in [0, 0.1) is 0 Å². The molecule has 0 amide bonds. The van der Waals surface area contributed by atoms with Crippen LogP contribution in [0.4, 0.5) is 0 Å². The van der Waals surface area contributed by atoms with E-state index in [1.165, 1.54) is 5.56 Å². The van der Waals surface area contributed by atoms with Gasteiger partial charge in [0.2, 0.25) is 0 Å². The molecule has 100 valence electrons. The van der Waals surface area contributed by atoms with Crippen LogP contribution in [0.2, 0.25) is 0 Å². The summed E-state index contributed by atoms with van der Waals surface area (Å²) in [6, 6.07) is 5.92. The maximum absolute atomic E-state index is 11.1. The standard InChI is InChI=1S/C13H18O4S/c1-16-13-8-4-6-11-10(5-3-7-12(11)13)9-17-18(2,14)15/h4,6,8,10H,3,5,7,9H2,1-2H3/t10-/m0/s1. The summed E-state index contributed by atoms with van der Waals surface area (Å²) in [5, 5.41) is 0. The molecule has 0 aromatic heterocycles. The van der Waals surface area contributed by atoms with Crippen LogP contribution in [0.25, 0.3) is 0 Å². The predicted octanol–water partition coefficient (Wildman–Crippen LogP) is 2.09. The predicted molar refractivity (Wildman–Crippen MR) is 69.5 cm³/mol. The number of benzene rings is 1. The van der Waals surface area contributed by atoms with Gasteiger partial charge in [-0.3, -0.25) is 4.18 Å². The van der Waals surface area contributed by atoms with Gasteiger partial charge >= 0.3 is 0 Å². The number of hydrogen-bond acceptors (Lipinski definition) is 4. The lowest BCUT2D eigenvalue weighted by molar-refractivity contribution is 0.280. The second kappa shape index (κ2) is 5.28. The van der Waals surface area contributed by atoms with Gasteiger partial charge in [0.25, 0.3) is 10.1 Å². The molecule has 0 heterocycles. The molecule has 0 bridgehead atoms. The minimum Gasteiger partial charge on any atom is -0.496 e. The molecule has 0 radical (unpaired) electrons. The summed E-state index contributed by atoms with van der Waals surface area (Å²) < 4.78 is 32.4. The number of methoxy groups -OCH3 is 1. The monoisotopic (exact) mass is 270 g/mol. The molecule has 0 N–H and O–H groups in total. The zero-order valence-corrected chi connectivity index (χ0v) is 11.5. The SMILES string of the molecule is COc1cccc2c1CCC[C@H]2COS(C)(=O)=O. The van der Waals surface area contributed by atoms with Gasteiger partial charge in [-0.1, -0.05) is 12.1 Å². The zero-order chi connectivity index (χ0) is 13.2. The minimum absolute atomic E-state index is 0.138. The Labute approximate surface area is 108 Å². The van der Waals surface area contributed by atoms with Crippen molar-refractivity contribution < 1.29 is 17.3 Å². The van der Waals surface area contributed by atoms with Gasteiger partial charge in [-0.15, -0.1) is 0 Å². The van der Waals surface area contributed by atoms with E-state index >= 15 is 0 Å². The van der Waals surface area contributed by atoms with Crippen molar-refractivity contribution in [2.75, 3.05) is 20.0 Å². The third kappa shape index (κ3) is 3.03. The van der Waals surface area contributed by atoms with Crippen molar-refractivity contribution in [2.24, 2.45) is 0 Å². The fourth-order valence-electron chi connectivity index (χ4n) is 2.48. The van der Waals surface area contributed by atoms with Crippen molar-refractivity contribution in [1.29, 1.82) is 0 Å². The fourth-order valence-corrected chi connectivity index (χ4v) is 2.89. The number of fused-ring (bicyclic) bond motifs is 1. The Balaban J connectivity index is 2.23. The Morgan fingerprint density at radius 3 is 2.83 bits per heavy atom. The van der Waals surface area contributed by atoms with E-state index in [1.54, 1.807) is 7.11 Å². The van der Waals surface area contributed by atoms with Crippen LogP contribution in [0.5, 0.6) is 5.75 Å². The molecule has 0 saturated carbocycles. The Kier molecular flexibility index (Phi) is 3.92. The van der Waals surface area contributed by atoms with E-state index in [9.17, 15) is 8.42 Å². The van der Waals surface area contributed by atoms with E-state index in [0.717, 1.165) is 36.8 Å². The molecule has 18 heavy (non-hydrogen) atoms. The van der Waals surface area contributed by atoms with E-state index < -0.39 is 10.1 Å². The third-order valence-corrected chi connectivity index (χ3v) is 3.86. The van der Waals surface area contributed by atoms with Crippen molar-refractivity contribution in [3.63, 3.8) is 0 Å². The van der Waals surface area contributed by atoms with Gasteiger partial charge in [0.15, 0.2) is 0 Å². The fraction of sp³-hybridized carbons (Fsp3) is 0.538. The van der Waals surface area contributed by atoms with Gasteiger partial charge < -0.3 is 4.74 Å². The van der Waals surface area contributed by atoms with Crippen LogP contribution in [-0.4, -0.2) is 28.4 Å². The molecule has 0 unspecified atom stereocenters. The lowest BCUT2D eigenvalue weighted by atomic mass is 9.83. The quantitative estimate of drug-likeness (QED) is 0.786. The first-order chi connectivity index (χ1) is 8.51. The van der Waals surface area contributed by atoms with Crippen molar-refractivity contribution in [3.05, 3.63) is 29.3 Å². The average Bonchev–Trinajstić information content (AvgIpc) is 2.34. The lowest BCUT2D eigenvalue weighted by Gasteiger charge is -2.26. The van der Waals surface area contributed by atoms with E-state index in [0.29, 0.717) is 0 Å². The topological polar surface area (TPSA) is 52.6 Å². The van der Waals surface area contributed by atoms with Crippen molar-refractivity contribution in [1.82, 2.24) is 0 Å². The second-order valence-corrected chi connectivity index (χ2v) is 6.25. The van der Waals surface area contributed by atoms with Gasteiger partial charge in [-0.2, -0.15) is 8.42 Å². The third-order valence-electron chi connectivity index (χ3n) is 3.29. The molecular weight excluding hydrogens is 252 g/mol. The Morgan fingerprint density at radius 1 is 1.39 bits per heavy atom. The number of ether oxygens (including phenoxy) is 1. The molecule has 0 aliphatic heterocycles. The molecule has 1 atom stereocenters. The molecule has 5 heteroatoms. The average molecular weight is 270 g/mol. The molecule has 1 aromatic carbocycles. The maximum atomic E-state index is 11.1. The van der Waals surface area contributed by atoms with Crippen LogP contribution in [0.1, 0.15) is 29.9 Å². The highest BCUT2D eigenvalue weighted by Gasteiger charge is 2.23. The molecule has 0 fully saturated rings. The van der Waals surface area contributed by atoms with E-state index in [1.807, 2.05) is 18.2 Å². The first-order valence-corrected chi connectivity index (χ1v) is 7.83. The van der Waals surface area contributed by atoms with Gasteiger partial charge in [0.05, 0.1) is 20.0 Å². The Morgan fingerprint density at radius 2 is 2.17 bits per heavy atom. The number of rotatable bonds is 4. The molecule has 0 spiro atoms. The van der Waals surface area contributed by atoms with Gasteiger partial charge in [0.1, 0.15) is 5.75 Å². The van der Waals surface area contributed by atoms with Gasteiger partial charge in [0, 0.05) is 5.92 Å². The molecular formula is C13H18O4S. The van der Waals surface area contributed by atoms with Crippen LogP contribution >= 0.6 is 0 Å². The van der Waals surface area contributed by atoms with Gasteiger partial charge in [-0.25, -0.2) is 0 Å². The van der Waals surface area contributed by atoms with Crippen LogP contribution in [-0.2, 0) is 20.7 Å². The second-order valence-electron chi connectivity index (χ2n) is 4.61. The molecule has 1 aromatic rings. The van der Waals surface area contributed by atoms with Crippen molar-refractivity contribution >= 4 is 10.1 Å². The van der Waals surface area contributed by atoms with Gasteiger partial charge in [-0.05, 0) is 36.5 Å². The van der Waals surface area contributed by atoms with Crippen molar-refractivity contribution in [3.8, 4) is 5.75 Å². The zero-order valence-electron chi connectivity index (χ0n) is 10.7. The minimum atomic E-state index is -3.37. The lowest BCUT2D eigenvalue weighted by Crippen LogP contribution is -2.17. The molecule has 2 rings (SSSR count). The maximum Gasteiger partial charge on any atom is 0.264 e. The van der Waals surface area contributed by atoms with E-state index in [-0.39, 0.29) is 12.5 Å². The Hall–Kier alpha value is -1.07. The molecule has 4 nitrogen and oxygen atoms in total. The normalized spacial score (nSPS) is 19.3. The molecule has 0 saturated heterocycles. The summed E-state index contributed by atoms with van der Waals surface area (Å²) in [6.45, 7) is 0.221. The van der Waals surface area contributed by atoms with E-state index in [2.05, 4.69) is 0 Å². The largest absolute Gasteiger partial charge is 0.496 e. The van der Waals surface area contributed by atoms with Crippen LogP contribution < -0.4 is 4.74 Å². The smallest absolute Gasteiger partial charge is 0.264 e. The van der Waals surface area contributed by atoms with Crippen LogP contribution in [0.15, 0.2) is 18.2 Å². The first-order valence-electron chi connectivity index (χ1n) is 6.01. The van der Waals surface area contributed by atoms with Crippen molar-refractivity contribution in [2.45, 2.75) is 25.2 Å². The summed E-state index contributed by atoms with van der Waals surface area (Å²) in [7, 11) is -1.71. The summed E-state index contributed by atoms with van der Waals surface area (Å²) in [5.41, 5.74) is 2.35. The van der Waals surface area contributed by atoms with E-state index in [4.69, 9.17) is 8.92 Å². The highest BCUT2D eigenvalue weighted by Crippen LogP contribution is 2.36. The Bertz CT molecular complexity index is 522. The summed E-state index contributed by atoms with van der Waals surface area (Å²) in [4.78, 5) is 0. The highest BCUT2D eigenvalue weighted by molar-refractivity contribution is 7.85. The highest BCUT2D eigenvalue weighted by atomic mass is 32.2.